The number of anilines is 1. The van der Waals surface area contributed by atoms with Gasteiger partial charge in [-0.1, -0.05) is 18.2 Å². The van der Waals surface area contributed by atoms with E-state index in [9.17, 15) is 9.59 Å². The van der Waals surface area contributed by atoms with Crippen molar-refractivity contribution in [3.63, 3.8) is 0 Å². The Morgan fingerprint density at radius 2 is 1.96 bits per heavy atom. The third-order valence-corrected chi connectivity index (χ3v) is 3.59. The molecule has 7 nitrogen and oxygen atoms in total. The number of benzene rings is 2. The number of esters is 1. The van der Waals surface area contributed by atoms with Gasteiger partial charge in [-0.05, 0) is 42.8 Å². The minimum absolute atomic E-state index is 0.0895. The second-order valence-electron chi connectivity index (χ2n) is 5.45. The Labute approximate surface area is 163 Å². The van der Waals surface area contributed by atoms with Crippen LogP contribution in [0.1, 0.15) is 22.8 Å². The molecule has 1 N–H and O–H groups in total. The molecule has 0 unspecified atom stereocenters. The number of para-hydroxylation sites is 1. The van der Waals surface area contributed by atoms with E-state index in [0.29, 0.717) is 22.7 Å². The fourth-order valence-corrected chi connectivity index (χ4v) is 2.34. The van der Waals surface area contributed by atoms with Crippen LogP contribution in [-0.4, -0.2) is 32.2 Å². The number of nitriles is 1. The van der Waals surface area contributed by atoms with E-state index in [-0.39, 0.29) is 18.8 Å². The number of nitrogens with one attached hydrogen (secondary N) is 1. The first-order chi connectivity index (χ1) is 13.6. The number of rotatable bonds is 8. The molecule has 0 bridgehead atoms. The van der Waals surface area contributed by atoms with E-state index in [1.165, 1.54) is 13.2 Å². The zero-order valence-electron chi connectivity index (χ0n) is 15.6. The van der Waals surface area contributed by atoms with Crippen molar-refractivity contribution >= 4 is 23.6 Å². The summed E-state index contributed by atoms with van der Waals surface area (Å²) in [5.74, 6) is -0.0138. The van der Waals surface area contributed by atoms with E-state index in [1.54, 1.807) is 55.5 Å². The minimum atomic E-state index is -0.500. The second kappa shape index (κ2) is 10.4. The zero-order valence-corrected chi connectivity index (χ0v) is 15.6. The van der Waals surface area contributed by atoms with Crippen LogP contribution in [0.15, 0.2) is 48.5 Å². The van der Waals surface area contributed by atoms with Crippen LogP contribution in [0.4, 0.5) is 5.69 Å². The molecule has 2 aromatic carbocycles. The second-order valence-corrected chi connectivity index (χ2v) is 5.45. The molecule has 0 aromatic heterocycles. The van der Waals surface area contributed by atoms with Crippen molar-refractivity contribution in [2.45, 2.75) is 6.92 Å². The Hall–Kier alpha value is -3.79. The standard InChI is InChI=1S/C21H20N2O5/c1-3-27-21(25)16-6-4-5-7-17(16)23-20(24)11-9-15-8-10-18(28-13-12-22)19(14-15)26-2/h4-11,14H,3,13H2,1-2H3,(H,23,24)/b11-9+. The monoisotopic (exact) mass is 380 g/mol. The number of methoxy groups -OCH3 is 1. The molecule has 0 spiro atoms. The third-order valence-electron chi connectivity index (χ3n) is 3.59. The predicted molar refractivity (Wildman–Crippen MR) is 104 cm³/mol. The quantitative estimate of drug-likeness (QED) is 0.557. The topological polar surface area (TPSA) is 97.6 Å². The van der Waals surface area contributed by atoms with Crippen LogP contribution < -0.4 is 14.8 Å². The molecule has 0 fully saturated rings. The van der Waals surface area contributed by atoms with E-state index in [0.717, 1.165) is 0 Å². The maximum absolute atomic E-state index is 12.2. The highest BCUT2D eigenvalue weighted by Gasteiger charge is 2.13. The van der Waals surface area contributed by atoms with Gasteiger partial charge in [0.1, 0.15) is 6.07 Å². The van der Waals surface area contributed by atoms with Gasteiger partial charge in [0, 0.05) is 6.08 Å². The molecule has 1 amide bonds. The van der Waals surface area contributed by atoms with Crippen molar-refractivity contribution in [3.05, 3.63) is 59.7 Å². The Bertz CT molecular complexity index is 915. The molecule has 0 radical (unpaired) electrons. The first-order valence-corrected chi connectivity index (χ1v) is 8.52. The molecule has 7 heteroatoms. The summed E-state index contributed by atoms with van der Waals surface area (Å²) in [6, 6.07) is 13.6. The molecule has 2 aromatic rings. The highest BCUT2D eigenvalue weighted by molar-refractivity contribution is 6.06. The number of hydrogen-bond acceptors (Lipinski definition) is 6. The lowest BCUT2D eigenvalue weighted by atomic mass is 10.1. The molecule has 0 aliphatic heterocycles. The normalized spacial score (nSPS) is 10.2. The Balaban J connectivity index is 2.11. The van der Waals surface area contributed by atoms with Crippen molar-refractivity contribution < 1.29 is 23.8 Å². The molecular formula is C21H20N2O5. The van der Waals surface area contributed by atoms with Crippen LogP contribution >= 0.6 is 0 Å². The maximum Gasteiger partial charge on any atom is 0.340 e. The highest BCUT2D eigenvalue weighted by atomic mass is 16.5. The highest BCUT2D eigenvalue weighted by Crippen LogP contribution is 2.28. The summed E-state index contributed by atoms with van der Waals surface area (Å²) in [7, 11) is 1.49. The molecule has 144 valence electrons. The van der Waals surface area contributed by atoms with E-state index in [2.05, 4.69) is 5.32 Å². The van der Waals surface area contributed by atoms with Gasteiger partial charge in [-0.25, -0.2) is 4.79 Å². The van der Waals surface area contributed by atoms with Crippen molar-refractivity contribution in [2.75, 3.05) is 25.6 Å². The first kappa shape index (κ1) is 20.5. The molecule has 0 aliphatic rings. The summed E-state index contributed by atoms with van der Waals surface area (Å²) in [5, 5.41) is 11.3. The minimum Gasteiger partial charge on any atom is -0.493 e. The van der Waals surface area contributed by atoms with Gasteiger partial charge in [-0.15, -0.1) is 0 Å². The molecule has 2 rings (SSSR count). The Morgan fingerprint density at radius 3 is 2.68 bits per heavy atom. The third kappa shape index (κ3) is 5.61. The van der Waals surface area contributed by atoms with Crippen LogP contribution in [0.25, 0.3) is 6.08 Å². The molecule has 0 saturated carbocycles. The smallest absolute Gasteiger partial charge is 0.340 e. The van der Waals surface area contributed by atoms with E-state index < -0.39 is 11.9 Å². The van der Waals surface area contributed by atoms with Gasteiger partial charge in [-0.3, -0.25) is 4.79 Å². The van der Waals surface area contributed by atoms with Gasteiger partial charge in [0.25, 0.3) is 0 Å². The van der Waals surface area contributed by atoms with Gasteiger partial charge < -0.3 is 19.5 Å². The number of carbonyl (C=O) groups is 2. The van der Waals surface area contributed by atoms with Gasteiger partial charge in [0.15, 0.2) is 18.1 Å². The summed E-state index contributed by atoms with van der Waals surface area (Å²) < 4.78 is 15.5. The van der Waals surface area contributed by atoms with Crippen LogP contribution in [0, 0.1) is 11.3 Å². The Morgan fingerprint density at radius 1 is 1.18 bits per heavy atom. The van der Waals surface area contributed by atoms with Gasteiger partial charge in [0.2, 0.25) is 5.91 Å². The lowest BCUT2D eigenvalue weighted by Gasteiger charge is -2.09. The lowest BCUT2D eigenvalue weighted by molar-refractivity contribution is -0.111. The van der Waals surface area contributed by atoms with Crippen LogP contribution in [-0.2, 0) is 9.53 Å². The average molecular weight is 380 g/mol. The summed E-state index contributed by atoms with van der Waals surface area (Å²) in [5.41, 5.74) is 1.36. The molecule has 0 atom stereocenters. The summed E-state index contributed by atoms with van der Waals surface area (Å²) in [6.45, 7) is 1.87. The van der Waals surface area contributed by atoms with Crippen molar-refractivity contribution in [1.29, 1.82) is 5.26 Å². The molecular weight excluding hydrogens is 360 g/mol. The molecule has 0 heterocycles. The number of ether oxygens (including phenoxy) is 3. The maximum atomic E-state index is 12.2. The van der Waals surface area contributed by atoms with E-state index >= 15 is 0 Å². The summed E-state index contributed by atoms with van der Waals surface area (Å²) >= 11 is 0. The fourth-order valence-electron chi connectivity index (χ4n) is 2.34. The van der Waals surface area contributed by atoms with Crippen LogP contribution in [0.2, 0.25) is 0 Å². The van der Waals surface area contributed by atoms with Crippen molar-refractivity contribution in [2.24, 2.45) is 0 Å². The SMILES string of the molecule is CCOC(=O)c1ccccc1NC(=O)/C=C/c1ccc(OCC#N)c(OC)c1. The summed E-state index contributed by atoms with van der Waals surface area (Å²) in [4.78, 5) is 24.2. The zero-order chi connectivity index (χ0) is 20.4. The number of carbonyl (C=O) groups excluding carboxylic acids is 2. The number of nitrogens with zero attached hydrogens (tertiary/aromatic N) is 1. The molecule has 0 saturated heterocycles. The fraction of sp³-hybridized carbons (Fsp3) is 0.190. The van der Waals surface area contributed by atoms with E-state index in [4.69, 9.17) is 19.5 Å². The molecule has 28 heavy (non-hydrogen) atoms. The number of hydrogen-bond donors (Lipinski definition) is 1. The van der Waals surface area contributed by atoms with Crippen LogP contribution in [0.3, 0.4) is 0 Å². The van der Waals surface area contributed by atoms with Gasteiger partial charge in [-0.2, -0.15) is 5.26 Å². The van der Waals surface area contributed by atoms with Gasteiger partial charge in [0.05, 0.1) is 25.0 Å². The van der Waals surface area contributed by atoms with E-state index in [1.807, 2.05) is 6.07 Å². The molecule has 0 aliphatic carbocycles. The largest absolute Gasteiger partial charge is 0.493 e. The number of amides is 1. The van der Waals surface area contributed by atoms with Gasteiger partial charge >= 0.3 is 5.97 Å². The average Bonchev–Trinajstić information content (AvgIpc) is 2.71. The van der Waals surface area contributed by atoms with Crippen molar-refractivity contribution in [3.8, 4) is 17.6 Å². The van der Waals surface area contributed by atoms with Crippen molar-refractivity contribution in [1.82, 2.24) is 0 Å². The predicted octanol–water partition coefficient (Wildman–Crippen LogP) is 3.43. The first-order valence-electron chi connectivity index (χ1n) is 8.52. The lowest BCUT2D eigenvalue weighted by Crippen LogP contribution is -2.13. The van der Waals surface area contributed by atoms with Crippen LogP contribution in [0.5, 0.6) is 11.5 Å². The Kier molecular flexibility index (Phi) is 7.61. The summed E-state index contributed by atoms with van der Waals surface area (Å²) in [6.07, 6.45) is 2.94.